The lowest BCUT2D eigenvalue weighted by atomic mass is 10.1. The van der Waals surface area contributed by atoms with Gasteiger partial charge in [0.2, 0.25) is 5.91 Å². The van der Waals surface area contributed by atoms with Crippen molar-refractivity contribution in [1.29, 1.82) is 0 Å². The Morgan fingerprint density at radius 3 is 2.75 bits per heavy atom. The lowest BCUT2D eigenvalue weighted by Gasteiger charge is -2.14. The molecule has 0 saturated carbocycles. The Hall–Kier alpha value is -1.76. The largest absolute Gasteiger partial charge is 0.325 e. The number of carbonyl (C=O) groups is 1. The molecule has 0 spiro atoms. The summed E-state index contributed by atoms with van der Waals surface area (Å²) in [6.45, 7) is 3.97. The van der Waals surface area contributed by atoms with E-state index in [0.29, 0.717) is 5.82 Å². The standard InChI is InChI=1S/C13H16BrN5O/c1-8(2)11(14)13(20)15-10-6-4-5-9(7-10)12-16-17-18-19(12)3/h4-8,11H,1-3H3,(H,15,20). The Balaban J connectivity index is 2.19. The molecule has 1 unspecified atom stereocenters. The van der Waals surface area contributed by atoms with Gasteiger partial charge >= 0.3 is 0 Å². The first kappa shape index (κ1) is 14.6. The van der Waals surface area contributed by atoms with E-state index < -0.39 is 0 Å². The molecule has 1 N–H and O–H groups in total. The average molecular weight is 338 g/mol. The van der Waals surface area contributed by atoms with Crippen LogP contribution >= 0.6 is 15.9 Å². The van der Waals surface area contributed by atoms with E-state index in [1.165, 1.54) is 0 Å². The third kappa shape index (κ3) is 3.22. The van der Waals surface area contributed by atoms with E-state index in [9.17, 15) is 4.79 Å². The van der Waals surface area contributed by atoms with Crippen LogP contribution in [0.15, 0.2) is 24.3 Å². The second-order valence-corrected chi connectivity index (χ2v) is 5.83. The third-order valence-electron chi connectivity index (χ3n) is 2.84. The highest BCUT2D eigenvalue weighted by atomic mass is 79.9. The molecule has 0 radical (unpaired) electrons. The van der Waals surface area contributed by atoms with Crippen molar-refractivity contribution in [1.82, 2.24) is 20.2 Å². The van der Waals surface area contributed by atoms with Crippen molar-refractivity contribution < 1.29 is 4.79 Å². The van der Waals surface area contributed by atoms with Crippen LogP contribution in [-0.4, -0.2) is 30.9 Å². The number of hydrogen-bond acceptors (Lipinski definition) is 4. The van der Waals surface area contributed by atoms with Gasteiger partial charge in [0.15, 0.2) is 5.82 Å². The summed E-state index contributed by atoms with van der Waals surface area (Å²) in [4.78, 5) is 11.8. The maximum Gasteiger partial charge on any atom is 0.238 e. The number of tetrazole rings is 1. The van der Waals surface area contributed by atoms with Gasteiger partial charge in [0.1, 0.15) is 0 Å². The van der Waals surface area contributed by atoms with E-state index in [2.05, 4.69) is 36.8 Å². The molecule has 20 heavy (non-hydrogen) atoms. The smallest absolute Gasteiger partial charge is 0.238 e. The van der Waals surface area contributed by atoms with Crippen molar-refractivity contribution in [2.24, 2.45) is 13.0 Å². The molecule has 0 aliphatic rings. The average Bonchev–Trinajstić information content (AvgIpc) is 2.84. The summed E-state index contributed by atoms with van der Waals surface area (Å²) in [7, 11) is 1.77. The van der Waals surface area contributed by atoms with E-state index >= 15 is 0 Å². The van der Waals surface area contributed by atoms with E-state index in [0.717, 1.165) is 11.3 Å². The molecule has 6 nitrogen and oxygen atoms in total. The molecule has 2 aromatic rings. The predicted octanol–water partition coefficient (Wildman–Crippen LogP) is 2.24. The van der Waals surface area contributed by atoms with Crippen LogP contribution in [0.1, 0.15) is 13.8 Å². The van der Waals surface area contributed by atoms with Crippen LogP contribution in [0.2, 0.25) is 0 Å². The molecule has 0 saturated heterocycles. The van der Waals surface area contributed by atoms with Crippen molar-refractivity contribution >= 4 is 27.5 Å². The summed E-state index contributed by atoms with van der Waals surface area (Å²) in [5.74, 6) is 0.815. The number of nitrogens with zero attached hydrogens (tertiary/aromatic N) is 4. The monoisotopic (exact) mass is 337 g/mol. The molecule has 0 aliphatic carbocycles. The van der Waals surface area contributed by atoms with Crippen LogP contribution < -0.4 is 5.32 Å². The van der Waals surface area contributed by atoms with E-state index in [4.69, 9.17) is 0 Å². The maximum absolute atomic E-state index is 12.0. The maximum atomic E-state index is 12.0. The fourth-order valence-electron chi connectivity index (χ4n) is 1.72. The quantitative estimate of drug-likeness (QED) is 0.868. The van der Waals surface area contributed by atoms with Gasteiger partial charge < -0.3 is 5.32 Å². The second kappa shape index (κ2) is 6.13. The highest BCUT2D eigenvalue weighted by Crippen LogP contribution is 2.21. The van der Waals surface area contributed by atoms with Crippen molar-refractivity contribution in [3.63, 3.8) is 0 Å². The van der Waals surface area contributed by atoms with Crippen LogP contribution in [0.4, 0.5) is 5.69 Å². The Morgan fingerprint density at radius 1 is 1.40 bits per heavy atom. The van der Waals surface area contributed by atoms with Crippen LogP contribution in [0.5, 0.6) is 0 Å². The molecule has 1 aromatic heterocycles. The van der Waals surface area contributed by atoms with Gasteiger partial charge in [-0.25, -0.2) is 4.68 Å². The van der Waals surface area contributed by atoms with Gasteiger partial charge in [-0.2, -0.15) is 0 Å². The number of aryl methyl sites for hydroxylation is 1. The molecule has 1 amide bonds. The molecule has 0 aliphatic heterocycles. The second-order valence-electron chi connectivity index (χ2n) is 4.84. The first-order valence-corrected chi connectivity index (χ1v) is 7.18. The molecule has 1 heterocycles. The number of hydrogen-bond donors (Lipinski definition) is 1. The molecule has 0 fully saturated rings. The minimum absolute atomic E-state index is 0.0618. The van der Waals surface area contributed by atoms with Gasteiger partial charge in [-0.3, -0.25) is 4.79 Å². The molecule has 1 aromatic carbocycles. The molecule has 7 heteroatoms. The van der Waals surface area contributed by atoms with Gasteiger partial charge in [-0.05, 0) is 28.5 Å². The SMILES string of the molecule is CC(C)C(Br)C(=O)Nc1cccc(-c2nnnn2C)c1. The molecular weight excluding hydrogens is 322 g/mol. The van der Waals surface area contributed by atoms with E-state index in [1.807, 2.05) is 38.1 Å². The van der Waals surface area contributed by atoms with E-state index in [1.54, 1.807) is 11.7 Å². The fraction of sp³-hybridized carbons (Fsp3) is 0.385. The van der Waals surface area contributed by atoms with Crippen LogP contribution in [0, 0.1) is 5.92 Å². The summed E-state index contributed by atoms with van der Waals surface area (Å²) < 4.78 is 1.59. The number of amides is 1. The van der Waals surface area contributed by atoms with Gasteiger partial charge in [0.05, 0.1) is 4.83 Å². The Morgan fingerprint density at radius 2 is 2.15 bits per heavy atom. The number of alkyl halides is 1. The summed E-state index contributed by atoms with van der Waals surface area (Å²) in [5, 5.41) is 14.2. The van der Waals surface area contributed by atoms with Gasteiger partial charge in [0, 0.05) is 18.3 Å². The number of aromatic nitrogens is 4. The van der Waals surface area contributed by atoms with Gasteiger partial charge in [0.25, 0.3) is 0 Å². The van der Waals surface area contributed by atoms with Gasteiger partial charge in [-0.1, -0.05) is 41.9 Å². The summed E-state index contributed by atoms with van der Waals surface area (Å²) in [6.07, 6.45) is 0. The highest BCUT2D eigenvalue weighted by Gasteiger charge is 2.18. The van der Waals surface area contributed by atoms with Crippen LogP contribution in [0.3, 0.4) is 0 Å². The van der Waals surface area contributed by atoms with Crippen molar-refractivity contribution in [3.8, 4) is 11.4 Å². The summed E-state index contributed by atoms with van der Waals surface area (Å²) in [6, 6.07) is 7.45. The number of rotatable bonds is 4. The topological polar surface area (TPSA) is 72.7 Å². The highest BCUT2D eigenvalue weighted by molar-refractivity contribution is 9.10. The number of nitrogens with one attached hydrogen (secondary N) is 1. The molecule has 2 rings (SSSR count). The molecule has 1 atom stereocenters. The van der Waals surface area contributed by atoms with E-state index in [-0.39, 0.29) is 16.7 Å². The fourth-order valence-corrected chi connectivity index (χ4v) is 1.84. The van der Waals surface area contributed by atoms with Crippen molar-refractivity contribution in [3.05, 3.63) is 24.3 Å². The zero-order chi connectivity index (χ0) is 14.7. The predicted molar refractivity (Wildman–Crippen MR) is 80.4 cm³/mol. The first-order valence-electron chi connectivity index (χ1n) is 6.26. The molecule has 0 bridgehead atoms. The third-order valence-corrected chi connectivity index (χ3v) is 4.32. The molecule has 106 valence electrons. The Bertz CT molecular complexity index is 610. The lowest BCUT2D eigenvalue weighted by molar-refractivity contribution is -0.116. The summed E-state index contributed by atoms with van der Waals surface area (Å²) in [5.41, 5.74) is 1.58. The number of benzene rings is 1. The lowest BCUT2D eigenvalue weighted by Crippen LogP contribution is -2.26. The first-order chi connectivity index (χ1) is 9.49. The Kier molecular flexibility index (Phi) is 4.49. The Labute approximate surface area is 125 Å². The minimum Gasteiger partial charge on any atom is -0.325 e. The normalized spacial score (nSPS) is 12.4. The number of anilines is 1. The number of carbonyl (C=O) groups excluding carboxylic acids is 1. The minimum atomic E-state index is -0.220. The summed E-state index contributed by atoms with van der Waals surface area (Å²) >= 11 is 3.39. The zero-order valence-electron chi connectivity index (χ0n) is 11.5. The van der Waals surface area contributed by atoms with Crippen LogP contribution in [0.25, 0.3) is 11.4 Å². The number of halogens is 1. The van der Waals surface area contributed by atoms with Crippen LogP contribution in [-0.2, 0) is 11.8 Å². The van der Waals surface area contributed by atoms with Crippen molar-refractivity contribution in [2.75, 3.05) is 5.32 Å². The molecular formula is C13H16BrN5O. The van der Waals surface area contributed by atoms with Crippen molar-refractivity contribution in [2.45, 2.75) is 18.7 Å². The zero-order valence-corrected chi connectivity index (χ0v) is 13.1. The van der Waals surface area contributed by atoms with Gasteiger partial charge in [-0.15, -0.1) is 5.10 Å².